The van der Waals surface area contributed by atoms with Crippen molar-refractivity contribution in [2.75, 3.05) is 11.1 Å². The number of hydrogen-bond donors (Lipinski definition) is 1. The Bertz CT molecular complexity index is 955. The third-order valence-electron chi connectivity index (χ3n) is 4.63. The Hall–Kier alpha value is -2.65. The predicted molar refractivity (Wildman–Crippen MR) is 99.6 cm³/mol. The van der Waals surface area contributed by atoms with Gasteiger partial charge in [-0.05, 0) is 55.2 Å². The highest BCUT2D eigenvalue weighted by Crippen LogP contribution is 2.28. The number of anilines is 1. The SMILES string of the molecule is N#Cc1cccc(NC(=O)c2cccc(S(=O)(=O)CC3CCCC3)c2)c1. The van der Waals surface area contributed by atoms with E-state index in [1.165, 1.54) is 12.1 Å². The van der Waals surface area contributed by atoms with Crippen LogP contribution >= 0.6 is 0 Å². The summed E-state index contributed by atoms with van der Waals surface area (Å²) in [4.78, 5) is 12.6. The molecule has 1 fully saturated rings. The molecule has 1 N–H and O–H groups in total. The zero-order valence-corrected chi connectivity index (χ0v) is 15.1. The molecule has 0 saturated heterocycles. The van der Waals surface area contributed by atoms with Crippen molar-refractivity contribution in [3.8, 4) is 6.07 Å². The number of nitrogens with zero attached hydrogens (tertiary/aromatic N) is 1. The van der Waals surface area contributed by atoms with Gasteiger partial charge < -0.3 is 5.32 Å². The molecule has 0 aliphatic heterocycles. The highest BCUT2D eigenvalue weighted by Gasteiger charge is 2.24. The van der Waals surface area contributed by atoms with E-state index in [2.05, 4.69) is 5.32 Å². The molecule has 0 aromatic heterocycles. The van der Waals surface area contributed by atoms with Crippen molar-refractivity contribution in [3.63, 3.8) is 0 Å². The van der Waals surface area contributed by atoms with Crippen LogP contribution < -0.4 is 5.32 Å². The molecule has 0 unspecified atom stereocenters. The van der Waals surface area contributed by atoms with Gasteiger partial charge in [0.05, 0.1) is 22.3 Å². The number of sulfone groups is 1. The maximum Gasteiger partial charge on any atom is 0.255 e. The van der Waals surface area contributed by atoms with E-state index in [9.17, 15) is 13.2 Å². The molecule has 0 bridgehead atoms. The van der Waals surface area contributed by atoms with Gasteiger partial charge in [0.1, 0.15) is 0 Å². The van der Waals surface area contributed by atoms with Crippen LogP contribution in [0, 0.1) is 17.2 Å². The van der Waals surface area contributed by atoms with E-state index < -0.39 is 15.7 Å². The fraction of sp³-hybridized carbons (Fsp3) is 0.300. The minimum atomic E-state index is -3.41. The van der Waals surface area contributed by atoms with Gasteiger partial charge in [0.15, 0.2) is 9.84 Å². The predicted octanol–water partition coefficient (Wildman–Crippen LogP) is 3.77. The van der Waals surface area contributed by atoms with Gasteiger partial charge in [0.25, 0.3) is 5.91 Å². The molecule has 2 aromatic rings. The second-order valence-electron chi connectivity index (χ2n) is 6.61. The van der Waals surface area contributed by atoms with Crippen LogP contribution in [0.5, 0.6) is 0 Å². The maximum absolute atomic E-state index is 12.6. The van der Waals surface area contributed by atoms with Gasteiger partial charge in [-0.2, -0.15) is 5.26 Å². The first-order valence-corrected chi connectivity index (χ1v) is 10.3. The first-order valence-electron chi connectivity index (χ1n) is 8.62. The molecule has 5 nitrogen and oxygen atoms in total. The van der Waals surface area contributed by atoms with E-state index >= 15 is 0 Å². The number of rotatable bonds is 5. The number of benzene rings is 2. The topological polar surface area (TPSA) is 87.0 Å². The lowest BCUT2D eigenvalue weighted by atomic mass is 10.1. The van der Waals surface area contributed by atoms with Gasteiger partial charge in [-0.3, -0.25) is 4.79 Å². The van der Waals surface area contributed by atoms with Crippen LogP contribution in [0.25, 0.3) is 0 Å². The third-order valence-corrected chi connectivity index (χ3v) is 6.52. The Labute approximate surface area is 153 Å². The highest BCUT2D eigenvalue weighted by atomic mass is 32.2. The number of amides is 1. The zero-order valence-electron chi connectivity index (χ0n) is 14.3. The fourth-order valence-corrected chi connectivity index (χ4v) is 5.02. The summed E-state index contributed by atoms with van der Waals surface area (Å²) in [5, 5.41) is 11.6. The van der Waals surface area contributed by atoms with Crippen molar-refractivity contribution in [2.45, 2.75) is 30.6 Å². The number of carbonyl (C=O) groups excluding carboxylic acids is 1. The van der Waals surface area contributed by atoms with Gasteiger partial charge in [-0.1, -0.05) is 25.0 Å². The third kappa shape index (κ3) is 4.30. The van der Waals surface area contributed by atoms with Gasteiger partial charge >= 0.3 is 0 Å². The van der Waals surface area contributed by atoms with Crippen molar-refractivity contribution in [1.29, 1.82) is 5.26 Å². The molecule has 3 rings (SSSR count). The standard InChI is InChI=1S/C20H20N2O3S/c21-13-16-7-3-9-18(11-16)22-20(23)17-8-4-10-19(12-17)26(24,25)14-15-5-1-2-6-15/h3-4,7-12,15H,1-2,5-6,14H2,(H,22,23). The molecule has 2 aromatic carbocycles. The van der Waals surface area contributed by atoms with Crippen molar-refractivity contribution in [1.82, 2.24) is 0 Å². The molecule has 0 atom stereocenters. The van der Waals surface area contributed by atoms with Crippen LogP contribution in [-0.2, 0) is 9.84 Å². The van der Waals surface area contributed by atoms with Crippen LogP contribution in [0.2, 0.25) is 0 Å². The molecule has 26 heavy (non-hydrogen) atoms. The molecular weight excluding hydrogens is 348 g/mol. The summed E-state index contributed by atoms with van der Waals surface area (Å²) in [6, 6.07) is 14.7. The van der Waals surface area contributed by atoms with Crippen molar-refractivity contribution < 1.29 is 13.2 Å². The smallest absolute Gasteiger partial charge is 0.255 e. The largest absolute Gasteiger partial charge is 0.322 e. The fourth-order valence-electron chi connectivity index (χ4n) is 3.28. The Morgan fingerprint density at radius 2 is 1.85 bits per heavy atom. The average Bonchev–Trinajstić information content (AvgIpc) is 3.14. The van der Waals surface area contributed by atoms with Crippen molar-refractivity contribution >= 4 is 21.4 Å². The Morgan fingerprint density at radius 3 is 2.58 bits per heavy atom. The second kappa shape index (κ2) is 7.71. The molecule has 6 heteroatoms. The molecule has 1 saturated carbocycles. The number of nitriles is 1. The molecule has 134 valence electrons. The van der Waals surface area contributed by atoms with E-state index in [-0.39, 0.29) is 22.1 Å². The molecule has 0 radical (unpaired) electrons. The summed E-state index contributed by atoms with van der Waals surface area (Å²) < 4.78 is 25.3. The lowest BCUT2D eigenvalue weighted by Gasteiger charge is -2.11. The van der Waals surface area contributed by atoms with E-state index in [1.807, 2.05) is 6.07 Å². The molecule has 1 amide bonds. The number of hydrogen-bond acceptors (Lipinski definition) is 4. The quantitative estimate of drug-likeness (QED) is 0.870. The summed E-state index contributed by atoms with van der Waals surface area (Å²) in [5.74, 6) is -0.0494. The summed E-state index contributed by atoms with van der Waals surface area (Å²) in [7, 11) is -3.41. The molecule has 0 heterocycles. The van der Waals surface area contributed by atoms with Crippen LogP contribution in [0.1, 0.15) is 41.6 Å². The molecule has 1 aliphatic carbocycles. The summed E-state index contributed by atoms with van der Waals surface area (Å²) in [6.07, 6.45) is 4.08. The van der Waals surface area contributed by atoms with E-state index in [0.29, 0.717) is 11.3 Å². The Balaban J connectivity index is 1.77. The van der Waals surface area contributed by atoms with Gasteiger partial charge in [-0.25, -0.2) is 8.42 Å². The summed E-state index contributed by atoms with van der Waals surface area (Å²) in [6.45, 7) is 0. The van der Waals surface area contributed by atoms with Gasteiger partial charge in [-0.15, -0.1) is 0 Å². The van der Waals surface area contributed by atoms with E-state index in [1.54, 1.807) is 36.4 Å². The first-order chi connectivity index (χ1) is 12.5. The molecule has 0 spiro atoms. The normalized spacial score (nSPS) is 14.7. The zero-order chi connectivity index (χ0) is 18.6. The van der Waals surface area contributed by atoms with Gasteiger partial charge in [0.2, 0.25) is 0 Å². The van der Waals surface area contributed by atoms with E-state index in [0.717, 1.165) is 25.7 Å². The van der Waals surface area contributed by atoms with Crippen molar-refractivity contribution in [3.05, 3.63) is 59.7 Å². The second-order valence-corrected chi connectivity index (χ2v) is 8.64. The van der Waals surface area contributed by atoms with Crippen molar-refractivity contribution in [2.24, 2.45) is 5.92 Å². The minimum absolute atomic E-state index is 0.141. The number of nitrogens with one attached hydrogen (secondary N) is 1. The Morgan fingerprint density at radius 1 is 1.12 bits per heavy atom. The number of carbonyl (C=O) groups is 1. The molecule has 1 aliphatic rings. The Kier molecular flexibility index (Phi) is 5.38. The van der Waals surface area contributed by atoms with Crippen LogP contribution in [-0.4, -0.2) is 20.1 Å². The van der Waals surface area contributed by atoms with Gasteiger partial charge in [0, 0.05) is 11.3 Å². The lowest BCUT2D eigenvalue weighted by Crippen LogP contribution is -2.16. The minimum Gasteiger partial charge on any atom is -0.322 e. The first kappa shape index (κ1) is 18.2. The summed E-state index contributed by atoms with van der Waals surface area (Å²) in [5.41, 5.74) is 1.21. The highest BCUT2D eigenvalue weighted by molar-refractivity contribution is 7.91. The lowest BCUT2D eigenvalue weighted by molar-refractivity contribution is 0.102. The summed E-state index contributed by atoms with van der Waals surface area (Å²) >= 11 is 0. The maximum atomic E-state index is 12.6. The molecular formula is C20H20N2O3S. The average molecular weight is 368 g/mol. The van der Waals surface area contributed by atoms with Crippen LogP contribution in [0.15, 0.2) is 53.4 Å². The monoisotopic (exact) mass is 368 g/mol. The van der Waals surface area contributed by atoms with E-state index in [4.69, 9.17) is 5.26 Å². The van der Waals surface area contributed by atoms with Crippen LogP contribution in [0.3, 0.4) is 0 Å². The van der Waals surface area contributed by atoms with Crippen LogP contribution in [0.4, 0.5) is 5.69 Å².